The monoisotopic (exact) mass is 170 g/mol. The van der Waals surface area contributed by atoms with Crippen LogP contribution in [-0.4, -0.2) is 12.7 Å². The Morgan fingerprint density at radius 3 is 2.75 bits per heavy atom. The van der Waals surface area contributed by atoms with Crippen LogP contribution in [-0.2, 0) is 4.74 Å². The van der Waals surface area contributed by atoms with Crippen molar-refractivity contribution in [2.45, 2.75) is 52.6 Å². The van der Waals surface area contributed by atoms with E-state index >= 15 is 0 Å². The second-order valence-electron chi connectivity index (χ2n) is 4.18. The summed E-state index contributed by atoms with van der Waals surface area (Å²) in [5.41, 5.74) is 0. The van der Waals surface area contributed by atoms with Gasteiger partial charge in [-0.05, 0) is 24.7 Å². The average molecular weight is 170 g/mol. The van der Waals surface area contributed by atoms with Gasteiger partial charge in [0, 0.05) is 6.61 Å². The highest BCUT2D eigenvalue weighted by Gasteiger charge is 2.26. The van der Waals surface area contributed by atoms with Crippen LogP contribution in [0, 0.1) is 11.8 Å². The van der Waals surface area contributed by atoms with E-state index in [9.17, 15) is 0 Å². The lowest BCUT2D eigenvalue weighted by atomic mass is 9.84. The summed E-state index contributed by atoms with van der Waals surface area (Å²) in [6.45, 7) is 7.92. The van der Waals surface area contributed by atoms with E-state index in [1.807, 2.05) is 0 Å². The molecule has 1 saturated heterocycles. The Bertz CT molecular complexity index is 122. The largest absolute Gasteiger partial charge is 0.378 e. The van der Waals surface area contributed by atoms with Crippen molar-refractivity contribution in [1.82, 2.24) is 0 Å². The quantitative estimate of drug-likeness (QED) is 0.632. The lowest BCUT2D eigenvalue weighted by molar-refractivity contribution is -0.0505. The van der Waals surface area contributed by atoms with Crippen LogP contribution >= 0.6 is 0 Å². The molecule has 1 heterocycles. The number of ether oxygens (including phenoxy) is 1. The first-order valence-electron chi connectivity index (χ1n) is 5.37. The van der Waals surface area contributed by atoms with Gasteiger partial charge < -0.3 is 4.74 Å². The highest BCUT2D eigenvalue weighted by molar-refractivity contribution is 4.75. The van der Waals surface area contributed by atoms with Crippen LogP contribution < -0.4 is 0 Å². The molecule has 1 nitrogen and oxygen atoms in total. The van der Waals surface area contributed by atoms with Crippen LogP contribution in [0.1, 0.15) is 46.5 Å². The van der Waals surface area contributed by atoms with Gasteiger partial charge >= 0.3 is 0 Å². The topological polar surface area (TPSA) is 9.23 Å². The molecule has 0 spiro atoms. The molecule has 3 atom stereocenters. The Morgan fingerprint density at radius 2 is 2.08 bits per heavy atom. The van der Waals surface area contributed by atoms with Gasteiger partial charge in [-0.15, -0.1) is 0 Å². The highest BCUT2D eigenvalue weighted by Crippen LogP contribution is 2.28. The Kier molecular flexibility index (Phi) is 4.07. The Balaban J connectivity index is 2.30. The van der Waals surface area contributed by atoms with Gasteiger partial charge in [0.1, 0.15) is 0 Å². The van der Waals surface area contributed by atoms with Crippen molar-refractivity contribution in [2.75, 3.05) is 6.61 Å². The summed E-state index contributed by atoms with van der Waals surface area (Å²) in [4.78, 5) is 0. The summed E-state index contributed by atoms with van der Waals surface area (Å²) in [7, 11) is 0. The first-order valence-corrected chi connectivity index (χ1v) is 5.37. The van der Waals surface area contributed by atoms with Crippen molar-refractivity contribution in [2.24, 2.45) is 11.8 Å². The molecule has 1 rings (SSSR count). The normalized spacial score (nSPS) is 36.8. The smallest absolute Gasteiger partial charge is 0.0603 e. The molecule has 1 heteroatoms. The molecule has 1 aliphatic heterocycles. The predicted molar refractivity (Wildman–Crippen MR) is 52.2 cm³/mol. The molecule has 0 aromatic carbocycles. The third kappa shape index (κ3) is 2.48. The fraction of sp³-hybridized carbons (Fsp3) is 1.00. The average Bonchev–Trinajstić information content (AvgIpc) is 2.08. The van der Waals surface area contributed by atoms with Gasteiger partial charge in [-0.2, -0.15) is 0 Å². The minimum Gasteiger partial charge on any atom is -0.378 e. The van der Waals surface area contributed by atoms with E-state index in [0.717, 1.165) is 18.4 Å². The SMILES string of the molecule is CCCCC1OCCC(C)C1C. The van der Waals surface area contributed by atoms with Crippen molar-refractivity contribution >= 4 is 0 Å². The molecule has 0 aromatic rings. The molecular weight excluding hydrogens is 148 g/mol. The van der Waals surface area contributed by atoms with Gasteiger partial charge in [0.05, 0.1) is 6.10 Å². The standard InChI is InChI=1S/C11H22O/c1-4-5-6-11-10(3)9(2)7-8-12-11/h9-11H,4-8H2,1-3H3. The van der Waals surface area contributed by atoms with Crippen molar-refractivity contribution in [1.29, 1.82) is 0 Å². The van der Waals surface area contributed by atoms with Crippen LogP contribution in [0.5, 0.6) is 0 Å². The zero-order valence-electron chi connectivity index (χ0n) is 8.68. The number of rotatable bonds is 3. The van der Waals surface area contributed by atoms with Crippen molar-refractivity contribution < 1.29 is 4.74 Å². The lowest BCUT2D eigenvalue weighted by Gasteiger charge is -2.34. The fourth-order valence-corrected chi connectivity index (χ4v) is 1.94. The van der Waals surface area contributed by atoms with Crippen LogP contribution in [0.25, 0.3) is 0 Å². The summed E-state index contributed by atoms with van der Waals surface area (Å²) in [5, 5.41) is 0. The molecule has 72 valence electrons. The van der Waals surface area contributed by atoms with E-state index in [1.165, 1.54) is 25.7 Å². The molecule has 0 aliphatic carbocycles. The number of hydrogen-bond acceptors (Lipinski definition) is 1. The molecule has 0 N–H and O–H groups in total. The van der Waals surface area contributed by atoms with Gasteiger partial charge in [0.15, 0.2) is 0 Å². The van der Waals surface area contributed by atoms with E-state index in [1.54, 1.807) is 0 Å². The number of hydrogen-bond donors (Lipinski definition) is 0. The van der Waals surface area contributed by atoms with E-state index in [2.05, 4.69) is 20.8 Å². The predicted octanol–water partition coefficient (Wildman–Crippen LogP) is 3.24. The summed E-state index contributed by atoms with van der Waals surface area (Å²) in [6.07, 6.45) is 5.68. The van der Waals surface area contributed by atoms with E-state index < -0.39 is 0 Å². The van der Waals surface area contributed by atoms with Crippen molar-refractivity contribution in [3.8, 4) is 0 Å². The minimum absolute atomic E-state index is 0.550. The Hall–Kier alpha value is -0.0400. The maximum Gasteiger partial charge on any atom is 0.0603 e. The first-order chi connectivity index (χ1) is 5.75. The van der Waals surface area contributed by atoms with Gasteiger partial charge in [-0.3, -0.25) is 0 Å². The molecule has 1 aliphatic rings. The fourth-order valence-electron chi connectivity index (χ4n) is 1.94. The van der Waals surface area contributed by atoms with Gasteiger partial charge in [-0.25, -0.2) is 0 Å². The molecule has 1 fully saturated rings. The summed E-state index contributed by atoms with van der Waals surface area (Å²) >= 11 is 0. The molecule has 0 amide bonds. The second-order valence-corrected chi connectivity index (χ2v) is 4.18. The maximum absolute atomic E-state index is 5.76. The van der Waals surface area contributed by atoms with Crippen LogP contribution in [0.4, 0.5) is 0 Å². The Morgan fingerprint density at radius 1 is 1.33 bits per heavy atom. The molecule has 12 heavy (non-hydrogen) atoms. The molecule has 0 radical (unpaired) electrons. The molecular formula is C11H22O. The van der Waals surface area contributed by atoms with E-state index in [0.29, 0.717) is 6.10 Å². The molecule has 3 unspecified atom stereocenters. The third-order valence-corrected chi connectivity index (χ3v) is 3.23. The maximum atomic E-state index is 5.76. The van der Waals surface area contributed by atoms with E-state index in [4.69, 9.17) is 4.74 Å². The molecule has 0 saturated carbocycles. The van der Waals surface area contributed by atoms with Gasteiger partial charge in [-0.1, -0.05) is 33.6 Å². The minimum atomic E-state index is 0.550. The van der Waals surface area contributed by atoms with E-state index in [-0.39, 0.29) is 0 Å². The Labute approximate surface area is 76.5 Å². The second kappa shape index (κ2) is 4.86. The molecule has 0 aromatic heterocycles. The van der Waals surface area contributed by atoms with Gasteiger partial charge in [0.2, 0.25) is 0 Å². The zero-order valence-corrected chi connectivity index (χ0v) is 8.68. The van der Waals surface area contributed by atoms with Crippen molar-refractivity contribution in [3.05, 3.63) is 0 Å². The summed E-state index contributed by atoms with van der Waals surface area (Å²) < 4.78 is 5.76. The van der Waals surface area contributed by atoms with Crippen LogP contribution in [0.2, 0.25) is 0 Å². The van der Waals surface area contributed by atoms with Gasteiger partial charge in [0.25, 0.3) is 0 Å². The summed E-state index contributed by atoms with van der Waals surface area (Å²) in [6, 6.07) is 0. The van der Waals surface area contributed by atoms with Crippen LogP contribution in [0.3, 0.4) is 0 Å². The first kappa shape index (κ1) is 10.0. The van der Waals surface area contributed by atoms with Crippen molar-refractivity contribution in [3.63, 3.8) is 0 Å². The lowest BCUT2D eigenvalue weighted by Crippen LogP contribution is -2.33. The highest BCUT2D eigenvalue weighted by atomic mass is 16.5. The number of unbranched alkanes of at least 4 members (excludes halogenated alkanes) is 1. The zero-order chi connectivity index (χ0) is 8.97. The summed E-state index contributed by atoms with van der Waals surface area (Å²) in [5.74, 6) is 1.63. The molecule has 0 bridgehead atoms. The van der Waals surface area contributed by atoms with Crippen LogP contribution in [0.15, 0.2) is 0 Å². The third-order valence-electron chi connectivity index (χ3n) is 3.23.